The number of carbonyl (C=O) groups is 2. The van der Waals surface area contributed by atoms with Crippen LogP contribution in [0.5, 0.6) is 0 Å². The van der Waals surface area contributed by atoms with Crippen molar-refractivity contribution in [3.05, 3.63) is 35.7 Å². The van der Waals surface area contributed by atoms with Crippen LogP contribution < -0.4 is 5.32 Å². The van der Waals surface area contributed by atoms with Gasteiger partial charge in [-0.2, -0.15) is 5.10 Å². The predicted octanol–water partition coefficient (Wildman–Crippen LogP) is 1.45. The third kappa shape index (κ3) is 5.07. The van der Waals surface area contributed by atoms with Gasteiger partial charge in [-0.3, -0.25) is 19.2 Å². The van der Waals surface area contributed by atoms with Crippen LogP contribution in [0.2, 0.25) is 0 Å². The molecular weight excluding hydrogens is 424 g/mol. The number of hydrogen-bond donors (Lipinski definition) is 1. The molecule has 0 aromatic carbocycles. The van der Waals surface area contributed by atoms with Crippen LogP contribution in [0.1, 0.15) is 22.5 Å². The molecule has 0 bridgehead atoms. The molecule has 2 amide bonds. The molecule has 0 unspecified atom stereocenters. The molecule has 0 saturated carbocycles. The van der Waals surface area contributed by atoms with Gasteiger partial charge in [0.2, 0.25) is 5.91 Å². The van der Waals surface area contributed by atoms with Gasteiger partial charge in [-0.25, -0.2) is 4.98 Å². The van der Waals surface area contributed by atoms with E-state index in [4.69, 9.17) is 9.15 Å². The van der Waals surface area contributed by atoms with Crippen molar-refractivity contribution in [2.45, 2.75) is 13.3 Å². The molecule has 1 saturated heterocycles. The van der Waals surface area contributed by atoms with Gasteiger partial charge in [0.25, 0.3) is 5.91 Å². The molecule has 3 aromatic heterocycles. The molecule has 1 fully saturated rings. The summed E-state index contributed by atoms with van der Waals surface area (Å²) < 4.78 is 12.2. The molecule has 10 heteroatoms. The fourth-order valence-electron chi connectivity index (χ4n) is 4.15. The quantitative estimate of drug-likeness (QED) is 0.514. The van der Waals surface area contributed by atoms with Gasteiger partial charge in [0, 0.05) is 53.5 Å². The second-order valence-electron chi connectivity index (χ2n) is 8.20. The van der Waals surface area contributed by atoms with Crippen LogP contribution in [-0.2, 0) is 16.6 Å². The highest BCUT2D eigenvalue weighted by molar-refractivity contribution is 6.07. The molecular formula is C23H30N6O4. The van der Waals surface area contributed by atoms with E-state index in [0.717, 1.165) is 17.5 Å². The SMILES string of the molecule is COCCCNC(=O)CN1CCN(C(=O)c2cc(-c3ccco3)nc3c2c(C)nn3C)CC1. The molecule has 0 spiro atoms. The number of furan rings is 1. The Balaban J connectivity index is 1.46. The van der Waals surface area contributed by atoms with Gasteiger partial charge in [0.05, 0.1) is 29.5 Å². The van der Waals surface area contributed by atoms with E-state index in [9.17, 15) is 9.59 Å². The predicted molar refractivity (Wildman–Crippen MR) is 123 cm³/mol. The van der Waals surface area contributed by atoms with E-state index in [1.54, 1.807) is 30.2 Å². The lowest BCUT2D eigenvalue weighted by Crippen LogP contribution is -2.51. The topological polar surface area (TPSA) is 106 Å². The van der Waals surface area contributed by atoms with E-state index in [1.807, 2.05) is 24.9 Å². The number of aryl methyl sites for hydroxylation is 2. The highest BCUT2D eigenvalue weighted by Gasteiger charge is 2.27. The molecule has 10 nitrogen and oxygen atoms in total. The van der Waals surface area contributed by atoms with Crippen molar-refractivity contribution in [2.24, 2.45) is 7.05 Å². The summed E-state index contributed by atoms with van der Waals surface area (Å²) in [5.74, 6) is 0.539. The average molecular weight is 455 g/mol. The number of piperazine rings is 1. The van der Waals surface area contributed by atoms with Crippen molar-refractivity contribution in [3.8, 4) is 11.5 Å². The lowest BCUT2D eigenvalue weighted by molar-refractivity contribution is -0.122. The van der Waals surface area contributed by atoms with Crippen molar-refractivity contribution in [1.82, 2.24) is 29.9 Å². The van der Waals surface area contributed by atoms with Gasteiger partial charge < -0.3 is 19.4 Å². The Morgan fingerprint density at radius 3 is 2.73 bits per heavy atom. The van der Waals surface area contributed by atoms with E-state index in [0.29, 0.717) is 68.5 Å². The summed E-state index contributed by atoms with van der Waals surface area (Å²) in [6.07, 6.45) is 2.38. The number of ether oxygens (including phenoxy) is 1. The Bertz CT molecular complexity index is 1120. The number of methoxy groups -OCH3 is 1. The minimum Gasteiger partial charge on any atom is -0.463 e. The first-order chi connectivity index (χ1) is 16.0. The maximum absolute atomic E-state index is 13.5. The Morgan fingerprint density at radius 1 is 1.24 bits per heavy atom. The van der Waals surface area contributed by atoms with Crippen LogP contribution >= 0.6 is 0 Å². The smallest absolute Gasteiger partial charge is 0.254 e. The van der Waals surface area contributed by atoms with Crippen molar-refractivity contribution >= 4 is 22.8 Å². The van der Waals surface area contributed by atoms with Gasteiger partial charge in [-0.1, -0.05) is 0 Å². The number of amides is 2. The highest BCUT2D eigenvalue weighted by Crippen LogP contribution is 2.28. The average Bonchev–Trinajstić information content (AvgIpc) is 3.45. The number of aromatic nitrogens is 3. The van der Waals surface area contributed by atoms with Crippen LogP contribution in [0.25, 0.3) is 22.5 Å². The summed E-state index contributed by atoms with van der Waals surface area (Å²) in [5.41, 5.74) is 2.58. The molecule has 0 radical (unpaired) electrons. The van der Waals surface area contributed by atoms with Crippen molar-refractivity contribution in [2.75, 3.05) is 53.0 Å². The third-order valence-electron chi connectivity index (χ3n) is 5.85. The molecule has 3 aromatic rings. The number of pyridine rings is 1. The third-order valence-corrected chi connectivity index (χ3v) is 5.85. The highest BCUT2D eigenvalue weighted by atomic mass is 16.5. The lowest BCUT2D eigenvalue weighted by atomic mass is 10.1. The minimum atomic E-state index is -0.0602. The van der Waals surface area contributed by atoms with Gasteiger partial charge in [0.1, 0.15) is 5.69 Å². The number of fused-ring (bicyclic) bond motifs is 1. The summed E-state index contributed by atoms with van der Waals surface area (Å²) in [7, 11) is 3.47. The standard InChI is InChI=1S/C23H30N6O4/c1-16-21-17(14-18(19-6-4-13-33-19)25-22(21)27(2)26-16)23(31)29-10-8-28(9-11-29)15-20(30)24-7-5-12-32-3/h4,6,13-14H,5,7-12,15H2,1-3H3,(H,24,30). The normalized spacial score (nSPS) is 14.7. The molecule has 0 atom stereocenters. The van der Waals surface area contributed by atoms with Crippen molar-refractivity contribution < 1.29 is 18.7 Å². The summed E-state index contributed by atoms with van der Waals surface area (Å²) in [6, 6.07) is 5.41. The van der Waals surface area contributed by atoms with Crippen molar-refractivity contribution in [3.63, 3.8) is 0 Å². The molecule has 1 N–H and O–H groups in total. The van der Waals surface area contributed by atoms with Crippen molar-refractivity contribution in [1.29, 1.82) is 0 Å². The van der Waals surface area contributed by atoms with Gasteiger partial charge >= 0.3 is 0 Å². The largest absolute Gasteiger partial charge is 0.463 e. The second-order valence-corrected chi connectivity index (χ2v) is 8.20. The van der Waals surface area contributed by atoms with E-state index < -0.39 is 0 Å². The first-order valence-electron chi connectivity index (χ1n) is 11.1. The van der Waals surface area contributed by atoms with Gasteiger partial charge in [-0.05, 0) is 31.5 Å². The lowest BCUT2D eigenvalue weighted by Gasteiger charge is -2.34. The molecule has 33 heavy (non-hydrogen) atoms. The second kappa shape index (κ2) is 10.1. The van der Waals surface area contributed by atoms with E-state index in [-0.39, 0.29) is 11.8 Å². The number of nitrogens with zero attached hydrogens (tertiary/aromatic N) is 5. The molecule has 4 heterocycles. The number of rotatable bonds is 8. The zero-order valence-electron chi connectivity index (χ0n) is 19.3. The Labute approximate surface area is 192 Å². The summed E-state index contributed by atoms with van der Waals surface area (Å²) >= 11 is 0. The van der Waals surface area contributed by atoms with Crippen LogP contribution in [0.3, 0.4) is 0 Å². The molecule has 4 rings (SSSR count). The fourth-order valence-corrected chi connectivity index (χ4v) is 4.15. The van der Waals surface area contributed by atoms with E-state index in [2.05, 4.69) is 20.3 Å². The Kier molecular flexibility index (Phi) is 7.05. The number of nitrogens with one attached hydrogen (secondary N) is 1. The molecule has 0 aliphatic carbocycles. The molecule has 1 aliphatic heterocycles. The monoisotopic (exact) mass is 454 g/mol. The van der Waals surface area contributed by atoms with Gasteiger partial charge in [0.15, 0.2) is 11.4 Å². The maximum Gasteiger partial charge on any atom is 0.254 e. The first kappa shape index (κ1) is 22.9. The zero-order valence-corrected chi connectivity index (χ0v) is 19.3. The molecule has 1 aliphatic rings. The summed E-state index contributed by atoms with van der Waals surface area (Å²) in [6.45, 7) is 5.83. The summed E-state index contributed by atoms with van der Waals surface area (Å²) in [5, 5.41) is 8.14. The fraction of sp³-hybridized carbons (Fsp3) is 0.478. The van der Waals surface area contributed by atoms with Crippen LogP contribution in [0.15, 0.2) is 28.9 Å². The number of hydrogen-bond acceptors (Lipinski definition) is 7. The zero-order chi connectivity index (χ0) is 23.4. The van der Waals surface area contributed by atoms with Crippen LogP contribution in [-0.4, -0.2) is 89.4 Å². The molecule has 176 valence electrons. The van der Waals surface area contributed by atoms with Crippen LogP contribution in [0, 0.1) is 6.92 Å². The Hall–Kier alpha value is -3.24. The van der Waals surface area contributed by atoms with E-state index in [1.165, 1.54) is 0 Å². The van der Waals surface area contributed by atoms with Crippen LogP contribution in [0.4, 0.5) is 0 Å². The first-order valence-corrected chi connectivity index (χ1v) is 11.1. The Morgan fingerprint density at radius 2 is 2.03 bits per heavy atom. The summed E-state index contributed by atoms with van der Waals surface area (Å²) in [4.78, 5) is 34.3. The minimum absolute atomic E-state index is 0.00389. The number of carbonyl (C=O) groups excluding carboxylic acids is 2. The maximum atomic E-state index is 13.5. The van der Waals surface area contributed by atoms with E-state index >= 15 is 0 Å². The van der Waals surface area contributed by atoms with Gasteiger partial charge in [-0.15, -0.1) is 0 Å².